The van der Waals surface area contributed by atoms with E-state index in [-0.39, 0.29) is 5.91 Å². The van der Waals surface area contributed by atoms with Gasteiger partial charge in [0.25, 0.3) is 5.91 Å². The fourth-order valence-electron chi connectivity index (χ4n) is 4.44. The first kappa shape index (κ1) is 16.9. The van der Waals surface area contributed by atoms with Gasteiger partial charge in [0.1, 0.15) is 12.1 Å². The molecule has 1 aliphatic heterocycles. The smallest absolute Gasteiger partial charge is 0.254 e. The van der Waals surface area contributed by atoms with Crippen molar-refractivity contribution in [1.29, 1.82) is 0 Å². The standard InChI is InChI=1S/C21H21N5O2/c1-28-20-6-3-15(4-7-20)16-9-17(11-19(10-16)26-13-22-23-24-26)21(27)25-12-14-2-5-18(25)8-14/h3-4,6-7,9-11,13-14,18H,2,5,8,12H2,1H3/t14-,18+/m0/s1. The van der Waals surface area contributed by atoms with Crippen LogP contribution in [0.5, 0.6) is 5.75 Å². The molecule has 1 saturated heterocycles. The van der Waals surface area contributed by atoms with Crippen LogP contribution in [0.25, 0.3) is 16.8 Å². The van der Waals surface area contributed by atoms with E-state index in [9.17, 15) is 4.79 Å². The first-order valence-corrected chi connectivity index (χ1v) is 9.55. The van der Waals surface area contributed by atoms with Crippen LogP contribution in [-0.4, -0.2) is 50.7 Å². The monoisotopic (exact) mass is 375 g/mol. The molecule has 2 atom stereocenters. The Balaban J connectivity index is 1.56. The van der Waals surface area contributed by atoms with Crippen LogP contribution in [0.2, 0.25) is 0 Å². The van der Waals surface area contributed by atoms with Gasteiger partial charge in [0, 0.05) is 18.2 Å². The molecule has 1 aliphatic carbocycles. The summed E-state index contributed by atoms with van der Waals surface area (Å²) in [6.45, 7) is 0.872. The highest BCUT2D eigenvalue weighted by atomic mass is 16.5. The molecule has 5 rings (SSSR count). The lowest BCUT2D eigenvalue weighted by molar-refractivity contribution is 0.0703. The average Bonchev–Trinajstić information content (AvgIpc) is 3.51. The minimum absolute atomic E-state index is 0.0943. The second kappa shape index (κ2) is 6.74. The molecule has 1 saturated carbocycles. The number of amides is 1. The van der Waals surface area contributed by atoms with E-state index in [0.29, 0.717) is 17.5 Å². The van der Waals surface area contributed by atoms with Crippen molar-refractivity contribution in [2.24, 2.45) is 5.92 Å². The molecule has 2 aromatic carbocycles. The molecule has 0 unspecified atom stereocenters. The van der Waals surface area contributed by atoms with E-state index in [4.69, 9.17) is 4.74 Å². The van der Waals surface area contributed by atoms with E-state index < -0.39 is 0 Å². The number of hydrogen-bond donors (Lipinski definition) is 0. The second-order valence-electron chi connectivity index (χ2n) is 7.54. The molecule has 2 heterocycles. The van der Waals surface area contributed by atoms with E-state index in [1.54, 1.807) is 18.1 Å². The van der Waals surface area contributed by atoms with Crippen molar-refractivity contribution >= 4 is 5.91 Å². The number of aromatic nitrogens is 4. The summed E-state index contributed by atoms with van der Waals surface area (Å²) in [6, 6.07) is 14.0. The first-order chi connectivity index (χ1) is 13.7. The van der Waals surface area contributed by atoms with Crippen LogP contribution in [0, 0.1) is 5.92 Å². The van der Waals surface area contributed by atoms with E-state index in [0.717, 1.165) is 42.0 Å². The number of tetrazole rings is 1. The largest absolute Gasteiger partial charge is 0.497 e. The molecule has 142 valence electrons. The predicted octanol–water partition coefficient (Wildman–Crippen LogP) is 2.96. The van der Waals surface area contributed by atoms with Crippen molar-refractivity contribution < 1.29 is 9.53 Å². The van der Waals surface area contributed by atoms with E-state index in [2.05, 4.69) is 15.5 Å². The van der Waals surface area contributed by atoms with Gasteiger partial charge in [0.2, 0.25) is 0 Å². The zero-order chi connectivity index (χ0) is 19.1. The number of piperidine rings is 1. The minimum Gasteiger partial charge on any atom is -0.497 e. The van der Waals surface area contributed by atoms with Gasteiger partial charge in [0.05, 0.1) is 12.8 Å². The second-order valence-corrected chi connectivity index (χ2v) is 7.54. The SMILES string of the molecule is COc1ccc(-c2cc(C(=O)N3C[C@H]4CC[C@@H]3C4)cc(-n3cnnn3)c2)cc1. The Bertz CT molecular complexity index is 1000. The highest BCUT2D eigenvalue weighted by Crippen LogP contribution is 2.38. The molecule has 3 aromatic rings. The van der Waals surface area contributed by atoms with Crippen LogP contribution in [0.3, 0.4) is 0 Å². The third-order valence-corrected chi connectivity index (χ3v) is 5.87. The molecule has 2 fully saturated rings. The molecule has 2 bridgehead atoms. The van der Waals surface area contributed by atoms with Gasteiger partial charge in [-0.05, 0) is 77.1 Å². The number of rotatable bonds is 4. The third kappa shape index (κ3) is 2.93. The van der Waals surface area contributed by atoms with Crippen molar-refractivity contribution in [3.63, 3.8) is 0 Å². The van der Waals surface area contributed by atoms with Gasteiger partial charge in [-0.25, -0.2) is 4.68 Å². The van der Waals surface area contributed by atoms with Crippen molar-refractivity contribution in [3.05, 3.63) is 54.4 Å². The van der Waals surface area contributed by atoms with E-state index in [1.165, 1.54) is 6.42 Å². The third-order valence-electron chi connectivity index (χ3n) is 5.87. The van der Waals surface area contributed by atoms with Gasteiger partial charge in [0.15, 0.2) is 0 Å². The molecule has 1 aromatic heterocycles. The topological polar surface area (TPSA) is 73.1 Å². The number of methoxy groups -OCH3 is 1. The van der Waals surface area contributed by atoms with Crippen molar-refractivity contribution in [1.82, 2.24) is 25.1 Å². The number of ether oxygens (including phenoxy) is 1. The Morgan fingerprint density at radius 2 is 1.96 bits per heavy atom. The summed E-state index contributed by atoms with van der Waals surface area (Å²) < 4.78 is 6.84. The summed E-state index contributed by atoms with van der Waals surface area (Å²) in [4.78, 5) is 15.3. The van der Waals surface area contributed by atoms with Crippen LogP contribution < -0.4 is 4.74 Å². The van der Waals surface area contributed by atoms with E-state index >= 15 is 0 Å². The molecular formula is C21H21N5O2. The normalized spacial score (nSPS) is 20.5. The van der Waals surface area contributed by atoms with Gasteiger partial charge in [-0.2, -0.15) is 0 Å². The number of carbonyl (C=O) groups is 1. The van der Waals surface area contributed by atoms with Gasteiger partial charge in [-0.1, -0.05) is 12.1 Å². The molecule has 2 aliphatic rings. The van der Waals surface area contributed by atoms with Crippen molar-refractivity contribution in [2.75, 3.05) is 13.7 Å². The van der Waals surface area contributed by atoms with Crippen molar-refractivity contribution in [3.8, 4) is 22.6 Å². The lowest BCUT2D eigenvalue weighted by Crippen LogP contribution is -2.37. The fraction of sp³-hybridized carbons (Fsp3) is 0.333. The first-order valence-electron chi connectivity index (χ1n) is 9.55. The molecular weight excluding hydrogens is 354 g/mol. The maximum Gasteiger partial charge on any atom is 0.254 e. The quantitative estimate of drug-likeness (QED) is 0.701. The summed E-state index contributed by atoms with van der Waals surface area (Å²) in [7, 11) is 1.65. The highest BCUT2D eigenvalue weighted by Gasteiger charge is 2.40. The van der Waals surface area contributed by atoms with Crippen LogP contribution in [0.1, 0.15) is 29.6 Å². The van der Waals surface area contributed by atoms with Gasteiger partial charge < -0.3 is 9.64 Å². The Labute approximate surface area is 162 Å². The Kier molecular flexibility index (Phi) is 4.07. The fourth-order valence-corrected chi connectivity index (χ4v) is 4.44. The molecule has 0 N–H and O–H groups in total. The molecule has 0 spiro atoms. The van der Waals surface area contributed by atoms with Gasteiger partial charge >= 0.3 is 0 Å². The van der Waals surface area contributed by atoms with Crippen LogP contribution in [0.15, 0.2) is 48.8 Å². The van der Waals surface area contributed by atoms with Crippen LogP contribution >= 0.6 is 0 Å². The van der Waals surface area contributed by atoms with Crippen LogP contribution in [0.4, 0.5) is 0 Å². The number of benzene rings is 2. The zero-order valence-corrected chi connectivity index (χ0v) is 15.7. The Morgan fingerprint density at radius 3 is 2.61 bits per heavy atom. The summed E-state index contributed by atoms with van der Waals surface area (Å²) >= 11 is 0. The predicted molar refractivity (Wildman–Crippen MR) is 103 cm³/mol. The molecule has 1 amide bonds. The number of carbonyl (C=O) groups excluding carboxylic acids is 1. The molecule has 7 nitrogen and oxygen atoms in total. The number of likely N-dealkylation sites (tertiary alicyclic amines) is 1. The zero-order valence-electron chi connectivity index (χ0n) is 15.7. The maximum atomic E-state index is 13.3. The lowest BCUT2D eigenvalue weighted by atomic mass is 10.0. The van der Waals surface area contributed by atoms with Gasteiger partial charge in [-0.15, -0.1) is 5.10 Å². The maximum absolute atomic E-state index is 13.3. The van der Waals surface area contributed by atoms with Crippen molar-refractivity contribution in [2.45, 2.75) is 25.3 Å². The Morgan fingerprint density at radius 1 is 1.11 bits per heavy atom. The van der Waals surface area contributed by atoms with Gasteiger partial charge in [-0.3, -0.25) is 4.79 Å². The lowest BCUT2D eigenvalue weighted by Gasteiger charge is -2.27. The number of hydrogen-bond acceptors (Lipinski definition) is 5. The Hall–Kier alpha value is -3.22. The number of nitrogens with zero attached hydrogens (tertiary/aromatic N) is 5. The summed E-state index contributed by atoms with van der Waals surface area (Å²) in [5, 5.41) is 11.4. The van der Waals surface area contributed by atoms with E-state index in [1.807, 2.05) is 47.4 Å². The summed E-state index contributed by atoms with van der Waals surface area (Å²) in [6.07, 6.45) is 5.05. The molecule has 28 heavy (non-hydrogen) atoms. The average molecular weight is 375 g/mol. The van der Waals surface area contributed by atoms with Crippen LogP contribution in [-0.2, 0) is 0 Å². The summed E-state index contributed by atoms with van der Waals surface area (Å²) in [5.74, 6) is 1.55. The minimum atomic E-state index is 0.0943. The summed E-state index contributed by atoms with van der Waals surface area (Å²) in [5.41, 5.74) is 3.40. The molecule has 7 heteroatoms. The highest BCUT2D eigenvalue weighted by molar-refractivity contribution is 5.96. The number of fused-ring (bicyclic) bond motifs is 2. The molecule has 0 radical (unpaired) electrons.